The second kappa shape index (κ2) is 5.01. The Morgan fingerprint density at radius 2 is 2.05 bits per heavy atom. The highest BCUT2D eigenvalue weighted by atomic mass is 35.5. The number of fused-ring (bicyclic) bond motifs is 1. The van der Waals surface area contributed by atoms with Crippen molar-refractivity contribution in [3.8, 4) is 0 Å². The van der Waals surface area contributed by atoms with Gasteiger partial charge >= 0.3 is 0 Å². The lowest BCUT2D eigenvalue weighted by atomic mass is 10.1. The SMILES string of the molecule is CC[C@@H](C)n1ccc2c([N+](=O)[O-])c(Cl)ccc2c1=O. The maximum absolute atomic E-state index is 12.3. The van der Waals surface area contributed by atoms with Gasteiger partial charge in [0.15, 0.2) is 0 Å². The Kier molecular flexibility index (Phi) is 3.57. The summed E-state index contributed by atoms with van der Waals surface area (Å²) in [5.74, 6) is 0. The summed E-state index contributed by atoms with van der Waals surface area (Å²) in [5, 5.41) is 11.7. The lowest BCUT2D eigenvalue weighted by molar-refractivity contribution is -0.382. The maximum Gasteiger partial charge on any atom is 0.295 e. The molecule has 5 nitrogen and oxygen atoms in total. The van der Waals surface area contributed by atoms with Crippen molar-refractivity contribution in [2.75, 3.05) is 0 Å². The number of nitro benzene ring substituents is 1. The van der Waals surface area contributed by atoms with Crippen LogP contribution in [-0.2, 0) is 0 Å². The summed E-state index contributed by atoms with van der Waals surface area (Å²) >= 11 is 5.83. The lowest BCUT2D eigenvalue weighted by Crippen LogP contribution is -2.22. The number of nitrogens with zero attached hydrogens (tertiary/aromatic N) is 2. The minimum Gasteiger partial charge on any atom is -0.312 e. The van der Waals surface area contributed by atoms with Crippen LogP contribution < -0.4 is 5.56 Å². The summed E-state index contributed by atoms with van der Waals surface area (Å²) in [6, 6.07) is 4.55. The highest BCUT2D eigenvalue weighted by molar-refractivity contribution is 6.34. The molecule has 0 spiro atoms. The zero-order valence-electron chi connectivity index (χ0n) is 10.6. The first kappa shape index (κ1) is 13.5. The molecule has 2 rings (SSSR count). The van der Waals surface area contributed by atoms with Crippen molar-refractivity contribution in [3.63, 3.8) is 0 Å². The molecular weight excluding hydrogens is 268 g/mol. The third-order valence-electron chi connectivity index (χ3n) is 3.28. The molecule has 0 N–H and O–H groups in total. The highest BCUT2D eigenvalue weighted by Gasteiger charge is 2.19. The summed E-state index contributed by atoms with van der Waals surface area (Å²) in [5.41, 5.74) is -0.445. The Labute approximate surface area is 114 Å². The molecule has 2 aromatic rings. The third-order valence-corrected chi connectivity index (χ3v) is 3.59. The molecule has 0 radical (unpaired) electrons. The van der Waals surface area contributed by atoms with Crippen molar-refractivity contribution in [1.29, 1.82) is 0 Å². The molecule has 0 aliphatic heterocycles. The smallest absolute Gasteiger partial charge is 0.295 e. The fourth-order valence-electron chi connectivity index (χ4n) is 2.03. The maximum atomic E-state index is 12.3. The van der Waals surface area contributed by atoms with Crippen LogP contribution in [-0.4, -0.2) is 9.49 Å². The van der Waals surface area contributed by atoms with Gasteiger partial charge in [0.25, 0.3) is 11.2 Å². The van der Waals surface area contributed by atoms with Crippen LogP contribution in [0.5, 0.6) is 0 Å². The first-order valence-electron chi connectivity index (χ1n) is 5.95. The van der Waals surface area contributed by atoms with E-state index in [4.69, 9.17) is 11.6 Å². The van der Waals surface area contributed by atoms with Gasteiger partial charge in [-0.25, -0.2) is 0 Å². The minimum atomic E-state index is -0.558. The molecule has 1 atom stereocenters. The van der Waals surface area contributed by atoms with Crippen LogP contribution in [0.25, 0.3) is 10.8 Å². The number of halogens is 1. The van der Waals surface area contributed by atoms with E-state index < -0.39 is 4.92 Å². The fraction of sp³-hybridized carbons (Fsp3) is 0.308. The molecule has 1 aromatic carbocycles. The largest absolute Gasteiger partial charge is 0.312 e. The predicted octanol–water partition coefficient (Wildman–Crippen LogP) is 3.53. The van der Waals surface area contributed by atoms with Gasteiger partial charge in [-0.15, -0.1) is 0 Å². The molecule has 100 valence electrons. The lowest BCUT2D eigenvalue weighted by Gasteiger charge is -2.13. The summed E-state index contributed by atoms with van der Waals surface area (Å²) in [4.78, 5) is 22.8. The Morgan fingerprint density at radius 1 is 1.37 bits per heavy atom. The second-order valence-corrected chi connectivity index (χ2v) is 4.81. The molecule has 0 saturated carbocycles. The van der Waals surface area contributed by atoms with Crippen molar-refractivity contribution in [2.45, 2.75) is 26.3 Å². The minimum absolute atomic E-state index is 0.0400. The van der Waals surface area contributed by atoms with E-state index in [-0.39, 0.29) is 27.7 Å². The van der Waals surface area contributed by atoms with Crippen molar-refractivity contribution in [2.24, 2.45) is 0 Å². The van der Waals surface area contributed by atoms with Crippen LogP contribution in [0.1, 0.15) is 26.3 Å². The van der Waals surface area contributed by atoms with Gasteiger partial charge in [0.1, 0.15) is 5.02 Å². The Hall–Kier alpha value is -1.88. The third kappa shape index (κ3) is 2.21. The van der Waals surface area contributed by atoms with Crippen molar-refractivity contribution < 1.29 is 4.92 Å². The standard InChI is InChI=1S/C13H13ClN2O3/c1-3-8(2)15-7-6-9-10(13(15)17)4-5-11(14)12(9)16(18)19/h4-8H,3H2,1-2H3/t8-/m1/s1. The number of aromatic nitrogens is 1. The van der Waals surface area contributed by atoms with E-state index in [1.807, 2.05) is 13.8 Å². The molecule has 6 heteroatoms. The number of rotatable bonds is 3. The molecule has 1 aromatic heterocycles. The van der Waals surface area contributed by atoms with Gasteiger partial charge < -0.3 is 4.57 Å². The summed E-state index contributed by atoms with van der Waals surface area (Å²) < 4.78 is 1.58. The number of hydrogen-bond acceptors (Lipinski definition) is 3. The van der Waals surface area contributed by atoms with Crippen LogP contribution in [0.4, 0.5) is 5.69 Å². The molecule has 0 saturated heterocycles. The van der Waals surface area contributed by atoms with E-state index in [1.165, 1.54) is 12.1 Å². The topological polar surface area (TPSA) is 65.1 Å². The van der Waals surface area contributed by atoms with Gasteiger partial charge in [0, 0.05) is 12.2 Å². The molecule has 0 amide bonds. The van der Waals surface area contributed by atoms with Crippen LogP contribution in [0.2, 0.25) is 5.02 Å². The summed E-state index contributed by atoms with van der Waals surface area (Å²) in [7, 11) is 0. The van der Waals surface area contributed by atoms with E-state index >= 15 is 0 Å². The average Bonchev–Trinajstić information content (AvgIpc) is 2.37. The normalized spacial score (nSPS) is 12.6. The number of nitro groups is 1. The van der Waals surface area contributed by atoms with Gasteiger partial charge in [-0.2, -0.15) is 0 Å². The van der Waals surface area contributed by atoms with Crippen LogP contribution in [0.15, 0.2) is 29.2 Å². The summed E-state index contributed by atoms with van der Waals surface area (Å²) in [6.45, 7) is 3.91. The predicted molar refractivity (Wildman–Crippen MR) is 74.9 cm³/mol. The molecule has 0 fully saturated rings. The first-order valence-corrected chi connectivity index (χ1v) is 6.33. The van der Waals surface area contributed by atoms with E-state index in [1.54, 1.807) is 16.8 Å². The Balaban J connectivity index is 2.83. The fourth-order valence-corrected chi connectivity index (χ4v) is 2.26. The van der Waals surface area contributed by atoms with E-state index in [0.717, 1.165) is 6.42 Å². The Bertz CT molecular complexity index is 709. The Morgan fingerprint density at radius 3 is 2.63 bits per heavy atom. The zero-order valence-corrected chi connectivity index (χ0v) is 11.3. The molecule has 0 bridgehead atoms. The molecular formula is C13H13ClN2O3. The molecule has 0 aliphatic rings. The molecule has 19 heavy (non-hydrogen) atoms. The summed E-state index contributed by atoms with van der Waals surface area (Å²) in [6.07, 6.45) is 2.39. The number of hydrogen-bond donors (Lipinski definition) is 0. The van der Waals surface area contributed by atoms with Crippen LogP contribution in [0, 0.1) is 10.1 Å². The highest BCUT2D eigenvalue weighted by Crippen LogP contribution is 2.31. The van der Waals surface area contributed by atoms with Gasteiger partial charge in [0.05, 0.1) is 15.7 Å². The van der Waals surface area contributed by atoms with E-state index in [0.29, 0.717) is 5.39 Å². The van der Waals surface area contributed by atoms with Crippen LogP contribution >= 0.6 is 11.6 Å². The van der Waals surface area contributed by atoms with E-state index in [2.05, 4.69) is 0 Å². The zero-order chi connectivity index (χ0) is 14.2. The second-order valence-electron chi connectivity index (χ2n) is 4.40. The number of benzene rings is 1. The van der Waals surface area contributed by atoms with Crippen molar-refractivity contribution in [1.82, 2.24) is 4.57 Å². The van der Waals surface area contributed by atoms with Gasteiger partial charge in [0.2, 0.25) is 0 Å². The molecule has 0 unspecified atom stereocenters. The van der Waals surface area contributed by atoms with Crippen molar-refractivity contribution in [3.05, 3.63) is 49.9 Å². The van der Waals surface area contributed by atoms with Gasteiger partial charge in [-0.05, 0) is 31.5 Å². The molecule has 0 aliphatic carbocycles. The monoisotopic (exact) mass is 280 g/mol. The number of pyridine rings is 1. The first-order chi connectivity index (χ1) is 8.97. The quantitative estimate of drug-likeness (QED) is 0.638. The van der Waals surface area contributed by atoms with E-state index in [9.17, 15) is 14.9 Å². The van der Waals surface area contributed by atoms with Gasteiger partial charge in [-0.1, -0.05) is 18.5 Å². The van der Waals surface area contributed by atoms with Crippen LogP contribution in [0.3, 0.4) is 0 Å². The van der Waals surface area contributed by atoms with Crippen molar-refractivity contribution >= 4 is 28.1 Å². The average molecular weight is 281 g/mol. The molecule has 1 heterocycles. The van der Waals surface area contributed by atoms with Gasteiger partial charge in [-0.3, -0.25) is 14.9 Å².